The molecule has 2 rings (SSSR count). The van der Waals surface area contributed by atoms with Crippen molar-refractivity contribution in [1.82, 2.24) is 0 Å². The third kappa shape index (κ3) is 5.91. The van der Waals surface area contributed by atoms with Gasteiger partial charge in [0.05, 0.1) is 19.8 Å². The number of aliphatic hydroxyl groups is 1. The SMILES string of the molecule is Nc1ccc(Cc2ccccc2NC(=O)OCCOCCO)cc1. The van der Waals surface area contributed by atoms with Crippen molar-refractivity contribution < 1.29 is 19.4 Å². The molecule has 6 nitrogen and oxygen atoms in total. The third-order valence-corrected chi connectivity index (χ3v) is 3.32. The van der Waals surface area contributed by atoms with Crippen molar-refractivity contribution in [2.75, 3.05) is 37.5 Å². The number of nitrogens with two attached hydrogens (primary N) is 1. The summed E-state index contributed by atoms with van der Waals surface area (Å²) in [5.41, 5.74) is 9.20. The van der Waals surface area contributed by atoms with E-state index in [0.717, 1.165) is 16.8 Å². The Hall–Kier alpha value is -2.57. The first kappa shape index (κ1) is 17.8. The largest absolute Gasteiger partial charge is 0.447 e. The van der Waals surface area contributed by atoms with E-state index in [1.54, 1.807) is 0 Å². The maximum Gasteiger partial charge on any atom is 0.411 e. The molecule has 0 unspecified atom stereocenters. The first-order valence-corrected chi connectivity index (χ1v) is 7.74. The van der Waals surface area contributed by atoms with E-state index in [0.29, 0.717) is 12.1 Å². The highest BCUT2D eigenvalue weighted by Gasteiger charge is 2.08. The molecule has 0 fully saturated rings. The second kappa shape index (κ2) is 9.54. The van der Waals surface area contributed by atoms with Crippen LogP contribution in [-0.4, -0.2) is 37.6 Å². The minimum absolute atomic E-state index is 0.0509. The summed E-state index contributed by atoms with van der Waals surface area (Å²) in [7, 11) is 0. The lowest BCUT2D eigenvalue weighted by Crippen LogP contribution is -2.18. The Balaban J connectivity index is 1.91. The number of hydrogen-bond acceptors (Lipinski definition) is 5. The average Bonchev–Trinajstić information content (AvgIpc) is 2.58. The fourth-order valence-corrected chi connectivity index (χ4v) is 2.16. The Kier molecular flexibility index (Phi) is 7.07. The number of anilines is 2. The average molecular weight is 330 g/mol. The molecule has 0 saturated heterocycles. The second-order valence-corrected chi connectivity index (χ2v) is 5.17. The summed E-state index contributed by atoms with van der Waals surface area (Å²) in [6.45, 7) is 0.563. The number of nitrogen functional groups attached to an aromatic ring is 1. The van der Waals surface area contributed by atoms with Crippen LogP contribution in [0.3, 0.4) is 0 Å². The van der Waals surface area contributed by atoms with Crippen LogP contribution in [0.15, 0.2) is 48.5 Å². The number of carbonyl (C=O) groups excluding carboxylic acids is 1. The third-order valence-electron chi connectivity index (χ3n) is 3.32. The monoisotopic (exact) mass is 330 g/mol. The normalized spacial score (nSPS) is 10.4. The van der Waals surface area contributed by atoms with E-state index in [1.165, 1.54) is 0 Å². The summed E-state index contributed by atoms with van der Waals surface area (Å²) in [6.07, 6.45) is 0.142. The van der Waals surface area contributed by atoms with Gasteiger partial charge in [0.1, 0.15) is 6.61 Å². The minimum Gasteiger partial charge on any atom is -0.447 e. The number of nitrogens with one attached hydrogen (secondary N) is 1. The van der Waals surface area contributed by atoms with Crippen molar-refractivity contribution in [2.24, 2.45) is 0 Å². The number of para-hydroxylation sites is 1. The van der Waals surface area contributed by atoms with Gasteiger partial charge in [-0.15, -0.1) is 0 Å². The molecule has 0 aliphatic carbocycles. The number of hydrogen-bond donors (Lipinski definition) is 3. The summed E-state index contributed by atoms with van der Waals surface area (Å²) in [6, 6.07) is 15.2. The van der Waals surface area contributed by atoms with Gasteiger partial charge in [0.25, 0.3) is 0 Å². The molecule has 4 N–H and O–H groups in total. The number of carbonyl (C=O) groups is 1. The van der Waals surface area contributed by atoms with Crippen molar-refractivity contribution in [3.05, 3.63) is 59.7 Å². The van der Waals surface area contributed by atoms with Gasteiger partial charge in [-0.25, -0.2) is 4.79 Å². The standard InChI is InChI=1S/C18H22N2O4/c19-16-7-5-14(6-8-16)13-15-3-1-2-4-17(15)20-18(22)24-12-11-23-10-9-21/h1-8,21H,9-13,19H2,(H,20,22). The van der Waals surface area contributed by atoms with Crippen LogP contribution < -0.4 is 11.1 Å². The van der Waals surface area contributed by atoms with Gasteiger partial charge >= 0.3 is 6.09 Å². The van der Waals surface area contributed by atoms with Crippen LogP contribution in [0, 0.1) is 0 Å². The van der Waals surface area contributed by atoms with Crippen molar-refractivity contribution in [1.29, 1.82) is 0 Å². The number of aliphatic hydroxyl groups excluding tert-OH is 1. The summed E-state index contributed by atoms with van der Waals surface area (Å²) in [5, 5.41) is 11.3. The van der Waals surface area contributed by atoms with Crippen molar-refractivity contribution in [3.8, 4) is 0 Å². The summed E-state index contributed by atoms with van der Waals surface area (Å²) >= 11 is 0. The van der Waals surface area contributed by atoms with E-state index in [2.05, 4.69) is 5.32 Å². The maximum atomic E-state index is 11.8. The van der Waals surface area contributed by atoms with Gasteiger partial charge in [-0.05, 0) is 35.7 Å². The summed E-state index contributed by atoms with van der Waals surface area (Å²) in [4.78, 5) is 11.8. The smallest absolute Gasteiger partial charge is 0.411 e. The Morgan fingerprint density at radius 2 is 1.79 bits per heavy atom. The molecule has 0 spiro atoms. The van der Waals surface area contributed by atoms with Crippen molar-refractivity contribution in [3.63, 3.8) is 0 Å². The predicted octanol–water partition coefficient (Wildman–Crippen LogP) is 2.42. The van der Waals surface area contributed by atoms with Crippen molar-refractivity contribution in [2.45, 2.75) is 6.42 Å². The van der Waals surface area contributed by atoms with Gasteiger partial charge in [0, 0.05) is 11.4 Å². The topological polar surface area (TPSA) is 93.8 Å². The zero-order valence-electron chi connectivity index (χ0n) is 13.4. The van der Waals surface area contributed by atoms with Crippen molar-refractivity contribution >= 4 is 17.5 Å². The molecule has 0 bridgehead atoms. The van der Waals surface area contributed by atoms with Gasteiger partial charge < -0.3 is 20.3 Å². The molecule has 2 aromatic carbocycles. The number of ether oxygens (including phenoxy) is 2. The van der Waals surface area contributed by atoms with Gasteiger partial charge in [-0.3, -0.25) is 5.32 Å². The van der Waals surface area contributed by atoms with Crippen LogP contribution in [0.1, 0.15) is 11.1 Å². The molecule has 6 heteroatoms. The fourth-order valence-electron chi connectivity index (χ4n) is 2.16. The van der Waals surface area contributed by atoms with Crippen LogP contribution in [0.5, 0.6) is 0 Å². The van der Waals surface area contributed by atoms with Gasteiger partial charge in [-0.2, -0.15) is 0 Å². The maximum absolute atomic E-state index is 11.8. The summed E-state index contributed by atoms with van der Waals surface area (Å²) < 4.78 is 10.1. The number of amides is 1. The molecule has 0 aliphatic heterocycles. The van der Waals surface area contributed by atoms with Gasteiger partial charge in [0.2, 0.25) is 0 Å². The predicted molar refractivity (Wildman–Crippen MR) is 93.0 cm³/mol. The first-order chi connectivity index (χ1) is 11.7. The van der Waals surface area contributed by atoms with E-state index in [4.69, 9.17) is 20.3 Å². The van der Waals surface area contributed by atoms with Crippen LogP contribution in [0.4, 0.5) is 16.2 Å². The Morgan fingerprint density at radius 1 is 1.04 bits per heavy atom. The first-order valence-electron chi connectivity index (χ1n) is 7.74. The molecule has 0 saturated carbocycles. The van der Waals surface area contributed by atoms with E-state index in [9.17, 15) is 4.79 Å². The second-order valence-electron chi connectivity index (χ2n) is 5.17. The highest BCUT2D eigenvalue weighted by molar-refractivity contribution is 5.85. The molecule has 2 aromatic rings. The molecule has 0 aromatic heterocycles. The van der Waals surface area contributed by atoms with Crippen LogP contribution in [0.2, 0.25) is 0 Å². The minimum atomic E-state index is -0.535. The lowest BCUT2D eigenvalue weighted by atomic mass is 10.0. The Bertz CT molecular complexity index is 644. The van der Waals surface area contributed by atoms with Crippen LogP contribution >= 0.6 is 0 Å². The zero-order chi connectivity index (χ0) is 17.2. The molecular weight excluding hydrogens is 308 g/mol. The molecular formula is C18H22N2O4. The molecule has 0 heterocycles. The lowest BCUT2D eigenvalue weighted by molar-refractivity contribution is 0.0572. The molecule has 0 aliphatic rings. The molecule has 128 valence electrons. The van der Waals surface area contributed by atoms with Crippen LogP contribution in [-0.2, 0) is 15.9 Å². The van der Waals surface area contributed by atoms with E-state index >= 15 is 0 Å². The quantitative estimate of drug-likeness (QED) is 0.510. The molecule has 24 heavy (non-hydrogen) atoms. The molecule has 1 amide bonds. The lowest BCUT2D eigenvalue weighted by Gasteiger charge is -2.12. The Morgan fingerprint density at radius 3 is 2.54 bits per heavy atom. The van der Waals surface area contributed by atoms with E-state index < -0.39 is 6.09 Å². The summed E-state index contributed by atoms with van der Waals surface area (Å²) in [5.74, 6) is 0. The molecule has 0 atom stereocenters. The Labute approximate surface area is 141 Å². The number of rotatable bonds is 8. The van der Waals surface area contributed by atoms with Gasteiger partial charge in [0.15, 0.2) is 0 Å². The highest BCUT2D eigenvalue weighted by Crippen LogP contribution is 2.20. The van der Waals surface area contributed by atoms with Gasteiger partial charge in [-0.1, -0.05) is 30.3 Å². The zero-order valence-corrected chi connectivity index (χ0v) is 13.4. The van der Waals surface area contributed by atoms with Crippen LogP contribution in [0.25, 0.3) is 0 Å². The fraction of sp³-hybridized carbons (Fsp3) is 0.278. The highest BCUT2D eigenvalue weighted by atomic mass is 16.6. The number of benzene rings is 2. The van der Waals surface area contributed by atoms with E-state index in [-0.39, 0.29) is 26.4 Å². The molecule has 0 radical (unpaired) electrons. The van der Waals surface area contributed by atoms with E-state index in [1.807, 2.05) is 48.5 Å².